The van der Waals surface area contributed by atoms with Gasteiger partial charge in [0.1, 0.15) is 11.3 Å². The van der Waals surface area contributed by atoms with E-state index >= 15 is 0 Å². The lowest BCUT2D eigenvalue weighted by molar-refractivity contribution is 0.0941. The fourth-order valence-corrected chi connectivity index (χ4v) is 3.69. The minimum Gasteiger partial charge on any atom is -0.497 e. The third-order valence-corrected chi connectivity index (χ3v) is 5.35. The molecule has 0 saturated heterocycles. The van der Waals surface area contributed by atoms with Crippen LogP contribution in [0.4, 0.5) is 0 Å². The maximum atomic E-state index is 13.3. The molecule has 31 heavy (non-hydrogen) atoms. The van der Waals surface area contributed by atoms with E-state index in [4.69, 9.17) is 4.74 Å². The molecule has 4 aromatic rings. The average molecular weight is 413 g/mol. The van der Waals surface area contributed by atoms with Crippen molar-refractivity contribution < 1.29 is 9.53 Å². The van der Waals surface area contributed by atoms with Crippen LogP contribution in [-0.2, 0) is 7.05 Å². The van der Waals surface area contributed by atoms with Gasteiger partial charge in [-0.25, -0.2) is 0 Å². The van der Waals surface area contributed by atoms with Crippen molar-refractivity contribution in [2.24, 2.45) is 7.05 Å². The molecular formula is C25H23N3O3. The lowest BCUT2D eigenvalue weighted by atomic mass is 9.99. The second-order valence-electron chi connectivity index (χ2n) is 7.46. The molecule has 1 amide bonds. The van der Waals surface area contributed by atoms with Crippen LogP contribution in [0.3, 0.4) is 0 Å². The number of hydrogen-bond acceptors (Lipinski definition) is 4. The molecule has 2 heterocycles. The van der Waals surface area contributed by atoms with Crippen LogP contribution >= 0.6 is 0 Å². The van der Waals surface area contributed by atoms with Gasteiger partial charge in [-0.05, 0) is 54.4 Å². The highest BCUT2D eigenvalue weighted by molar-refractivity contribution is 5.97. The van der Waals surface area contributed by atoms with E-state index < -0.39 is 11.9 Å². The van der Waals surface area contributed by atoms with E-state index in [0.717, 1.165) is 28.0 Å². The van der Waals surface area contributed by atoms with Crippen LogP contribution in [0.15, 0.2) is 78.0 Å². The van der Waals surface area contributed by atoms with Crippen LogP contribution in [-0.4, -0.2) is 22.6 Å². The van der Waals surface area contributed by atoms with Gasteiger partial charge in [-0.2, -0.15) is 0 Å². The molecule has 0 saturated carbocycles. The highest BCUT2D eigenvalue weighted by Crippen LogP contribution is 2.24. The highest BCUT2D eigenvalue weighted by atomic mass is 16.5. The van der Waals surface area contributed by atoms with E-state index in [0.29, 0.717) is 5.39 Å². The van der Waals surface area contributed by atoms with Crippen LogP contribution < -0.4 is 15.5 Å². The average Bonchev–Trinajstić information content (AvgIpc) is 2.80. The number of benzene rings is 2. The molecule has 0 radical (unpaired) electrons. The Kier molecular flexibility index (Phi) is 5.54. The summed E-state index contributed by atoms with van der Waals surface area (Å²) < 4.78 is 7.05. The summed E-state index contributed by atoms with van der Waals surface area (Å²) in [5, 5.41) is 3.56. The number of pyridine rings is 2. The number of methoxy groups -OCH3 is 1. The number of rotatable bonds is 5. The number of carbonyl (C=O) groups is 1. The molecular weight excluding hydrogens is 390 g/mol. The Hall–Kier alpha value is -3.93. The lowest BCUT2D eigenvalue weighted by Gasteiger charge is -2.20. The molecule has 2 aromatic heterocycles. The first-order chi connectivity index (χ1) is 15.0. The van der Waals surface area contributed by atoms with Crippen molar-refractivity contribution in [3.05, 3.63) is 106 Å². The molecule has 0 spiro atoms. The van der Waals surface area contributed by atoms with Crippen molar-refractivity contribution in [1.29, 1.82) is 0 Å². The molecule has 0 aliphatic rings. The minimum atomic E-state index is -0.445. The van der Waals surface area contributed by atoms with Crippen molar-refractivity contribution in [2.45, 2.75) is 13.0 Å². The van der Waals surface area contributed by atoms with Gasteiger partial charge in [-0.15, -0.1) is 0 Å². The Bertz CT molecular complexity index is 1300. The zero-order chi connectivity index (χ0) is 22.0. The Morgan fingerprint density at radius 3 is 2.39 bits per heavy atom. The minimum absolute atomic E-state index is 0.105. The number of aryl methyl sites for hydroxylation is 2. The fourth-order valence-electron chi connectivity index (χ4n) is 3.69. The topological polar surface area (TPSA) is 73.2 Å². The molecule has 0 aliphatic carbocycles. The summed E-state index contributed by atoms with van der Waals surface area (Å²) in [7, 11) is 3.44. The summed E-state index contributed by atoms with van der Waals surface area (Å²) in [6.07, 6.45) is 4.94. The van der Waals surface area contributed by atoms with Crippen LogP contribution in [0.25, 0.3) is 10.9 Å². The standard InChI is InChI=1S/C25H23N3O3/c1-16-4-9-22-20(14-16)24(29)21(15-28(22)2)25(30)27-23(18-10-12-26-13-11-18)17-5-7-19(31-3)8-6-17/h4-15,23H,1-3H3,(H,27,30). The van der Waals surface area contributed by atoms with Gasteiger partial charge >= 0.3 is 0 Å². The largest absolute Gasteiger partial charge is 0.497 e. The van der Waals surface area contributed by atoms with Crippen molar-refractivity contribution in [2.75, 3.05) is 7.11 Å². The van der Waals surface area contributed by atoms with Crippen LogP contribution in [0, 0.1) is 6.92 Å². The second-order valence-corrected chi connectivity index (χ2v) is 7.46. The van der Waals surface area contributed by atoms with Gasteiger partial charge in [0.05, 0.1) is 18.7 Å². The number of aromatic nitrogens is 2. The molecule has 1 unspecified atom stereocenters. The Morgan fingerprint density at radius 2 is 1.71 bits per heavy atom. The summed E-state index contributed by atoms with van der Waals surface area (Å²) in [6.45, 7) is 1.93. The number of hydrogen-bond donors (Lipinski definition) is 1. The maximum Gasteiger partial charge on any atom is 0.257 e. The second kappa shape index (κ2) is 8.44. The van der Waals surface area contributed by atoms with Crippen LogP contribution in [0.5, 0.6) is 5.75 Å². The first-order valence-electron chi connectivity index (χ1n) is 9.92. The molecule has 4 rings (SSSR count). The van der Waals surface area contributed by atoms with Crippen molar-refractivity contribution in [3.8, 4) is 5.75 Å². The SMILES string of the molecule is COc1ccc(C(NC(=O)c2cn(C)c3ccc(C)cc3c2=O)c2ccncc2)cc1. The van der Waals surface area contributed by atoms with Gasteiger partial charge in [0, 0.05) is 31.0 Å². The number of ether oxygens (including phenoxy) is 1. The lowest BCUT2D eigenvalue weighted by Crippen LogP contribution is -2.33. The van der Waals surface area contributed by atoms with E-state index in [1.54, 1.807) is 30.3 Å². The quantitative estimate of drug-likeness (QED) is 0.541. The van der Waals surface area contributed by atoms with Gasteiger partial charge in [0.2, 0.25) is 5.43 Å². The zero-order valence-corrected chi connectivity index (χ0v) is 17.6. The van der Waals surface area contributed by atoms with Crippen molar-refractivity contribution in [3.63, 3.8) is 0 Å². The van der Waals surface area contributed by atoms with E-state index in [2.05, 4.69) is 10.3 Å². The first kappa shape index (κ1) is 20.3. The molecule has 0 fully saturated rings. The fraction of sp³-hybridized carbons (Fsp3) is 0.160. The number of fused-ring (bicyclic) bond motifs is 1. The molecule has 156 valence electrons. The molecule has 6 heteroatoms. The van der Waals surface area contributed by atoms with E-state index in [9.17, 15) is 9.59 Å². The monoisotopic (exact) mass is 413 g/mol. The number of nitrogens with zero attached hydrogens (tertiary/aromatic N) is 2. The summed E-state index contributed by atoms with van der Waals surface area (Å²) in [4.78, 5) is 30.4. The van der Waals surface area contributed by atoms with Crippen molar-refractivity contribution in [1.82, 2.24) is 14.9 Å². The van der Waals surface area contributed by atoms with Gasteiger partial charge in [-0.1, -0.05) is 23.8 Å². The Labute approximate surface area is 180 Å². The predicted octanol–water partition coefficient (Wildman–Crippen LogP) is 3.77. The molecule has 0 bridgehead atoms. The maximum absolute atomic E-state index is 13.3. The van der Waals surface area contributed by atoms with E-state index in [1.807, 2.05) is 68.6 Å². The van der Waals surface area contributed by atoms with Gasteiger partial charge in [0.25, 0.3) is 5.91 Å². The molecule has 1 atom stereocenters. The van der Waals surface area contributed by atoms with Gasteiger partial charge < -0.3 is 14.6 Å². The predicted molar refractivity (Wildman–Crippen MR) is 120 cm³/mol. The Morgan fingerprint density at radius 1 is 1.03 bits per heavy atom. The normalized spacial score (nSPS) is 11.8. The molecule has 6 nitrogen and oxygen atoms in total. The summed E-state index contributed by atoms with van der Waals surface area (Å²) in [5.41, 5.74) is 3.31. The first-order valence-corrected chi connectivity index (χ1v) is 9.92. The molecule has 0 aliphatic heterocycles. The third kappa shape index (κ3) is 4.05. The zero-order valence-electron chi connectivity index (χ0n) is 17.6. The van der Waals surface area contributed by atoms with Crippen LogP contribution in [0.2, 0.25) is 0 Å². The van der Waals surface area contributed by atoms with Crippen LogP contribution in [0.1, 0.15) is 33.1 Å². The summed E-state index contributed by atoms with van der Waals surface area (Å²) in [5.74, 6) is 0.295. The Balaban J connectivity index is 1.76. The van der Waals surface area contributed by atoms with Crippen molar-refractivity contribution >= 4 is 16.8 Å². The molecule has 2 aromatic carbocycles. The van der Waals surface area contributed by atoms with E-state index in [1.165, 1.54) is 0 Å². The highest BCUT2D eigenvalue weighted by Gasteiger charge is 2.21. The number of amides is 1. The van der Waals surface area contributed by atoms with E-state index in [-0.39, 0.29) is 11.0 Å². The summed E-state index contributed by atoms with van der Waals surface area (Å²) in [6, 6.07) is 16.4. The summed E-state index contributed by atoms with van der Waals surface area (Å²) >= 11 is 0. The smallest absolute Gasteiger partial charge is 0.257 e. The third-order valence-electron chi connectivity index (χ3n) is 5.35. The number of nitrogens with one attached hydrogen (secondary N) is 1. The molecule has 1 N–H and O–H groups in total. The van der Waals surface area contributed by atoms with Gasteiger partial charge in [-0.3, -0.25) is 14.6 Å². The van der Waals surface area contributed by atoms with Gasteiger partial charge in [0.15, 0.2) is 0 Å². The number of carbonyl (C=O) groups excluding carboxylic acids is 1.